The van der Waals surface area contributed by atoms with Gasteiger partial charge in [-0.1, -0.05) is 0 Å². The first-order valence-electron chi connectivity index (χ1n) is 7.43. The van der Waals surface area contributed by atoms with Crippen molar-refractivity contribution in [3.63, 3.8) is 0 Å². The molecule has 0 saturated carbocycles. The maximum absolute atomic E-state index is 3.47. The van der Waals surface area contributed by atoms with Crippen molar-refractivity contribution in [3.05, 3.63) is 0 Å². The Balaban J connectivity index is 1.49. The van der Waals surface area contributed by atoms with E-state index in [1.54, 1.807) is 0 Å². The molecule has 0 aromatic carbocycles. The van der Waals surface area contributed by atoms with Gasteiger partial charge in [0.05, 0.1) is 0 Å². The molecule has 98 valence electrons. The fraction of sp³-hybridized carbons (Fsp3) is 1.00. The molecule has 0 aromatic rings. The van der Waals surface area contributed by atoms with Gasteiger partial charge in [-0.15, -0.1) is 0 Å². The molecule has 0 aliphatic carbocycles. The Morgan fingerprint density at radius 2 is 1.76 bits per heavy atom. The van der Waals surface area contributed by atoms with Crippen molar-refractivity contribution < 1.29 is 0 Å². The molecule has 3 nitrogen and oxygen atoms in total. The summed E-state index contributed by atoms with van der Waals surface area (Å²) in [6.45, 7) is 9.29. The lowest BCUT2D eigenvalue weighted by Crippen LogP contribution is -2.37. The number of nitrogens with one attached hydrogen (secondary N) is 1. The molecule has 2 atom stereocenters. The van der Waals surface area contributed by atoms with E-state index in [2.05, 4.69) is 22.2 Å². The van der Waals surface area contributed by atoms with Crippen LogP contribution < -0.4 is 5.32 Å². The Morgan fingerprint density at radius 3 is 2.59 bits per heavy atom. The van der Waals surface area contributed by atoms with Gasteiger partial charge in [0.2, 0.25) is 0 Å². The van der Waals surface area contributed by atoms with E-state index in [0.29, 0.717) is 0 Å². The molecule has 0 radical (unpaired) electrons. The van der Waals surface area contributed by atoms with Crippen molar-refractivity contribution in [3.8, 4) is 0 Å². The lowest BCUT2D eigenvalue weighted by molar-refractivity contribution is 0.178. The van der Waals surface area contributed by atoms with Crippen LogP contribution in [0.2, 0.25) is 0 Å². The summed E-state index contributed by atoms with van der Waals surface area (Å²) in [6, 6.07) is 0. The highest BCUT2D eigenvalue weighted by atomic mass is 15.2. The Kier molecular flexibility index (Phi) is 3.69. The molecule has 0 amide bonds. The van der Waals surface area contributed by atoms with Crippen LogP contribution in [-0.4, -0.2) is 62.7 Å². The van der Waals surface area contributed by atoms with Gasteiger partial charge < -0.3 is 15.1 Å². The number of hydrogen-bond acceptors (Lipinski definition) is 3. The minimum atomic E-state index is 0.967. The normalized spacial score (nSPS) is 37.2. The maximum Gasteiger partial charge on any atom is 0.00253 e. The second kappa shape index (κ2) is 5.25. The van der Waals surface area contributed by atoms with Crippen molar-refractivity contribution >= 4 is 0 Å². The molecule has 3 rings (SSSR count). The molecule has 0 bridgehead atoms. The van der Waals surface area contributed by atoms with E-state index in [1.165, 1.54) is 65.1 Å². The lowest BCUT2D eigenvalue weighted by Gasteiger charge is -2.31. The molecule has 17 heavy (non-hydrogen) atoms. The summed E-state index contributed by atoms with van der Waals surface area (Å²) in [7, 11) is 2.28. The first-order valence-corrected chi connectivity index (χ1v) is 7.43. The van der Waals surface area contributed by atoms with E-state index < -0.39 is 0 Å². The number of hydrogen-bond donors (Lipinski definition) is 1. The van der Waals surface area contributed by atoms with Gasteiger partial charge in [-0.2, -0.15) is 0 Å². The fourth-order valence-electron chi connectivity index (χ4n) is 4.03. The van der Waals surface area contributed by atoms with Gasteiger partial charge in [0.25, 0.3) is 0 Å². The zero-order valence-electron chi connectivity index (χ0n) is 11.2. The smallest absolute Gasteiger partial charge is 0.00253 e. The maximum atomic E-state index is 3.47. The third-order valence-corrected chi connectivity index (χ3v) is 5.05. The number of rotatable bonds is 2. The summed E-state index contributed by atoms with van der Waals surface area (Å²) in [5, 5.41) is 3.47. The minimum Gasteiger partial charge on any atom is -0.317 e. The third kappa shape index (κ3) is 2.83. The second-order valence-electron chi connectivity index (χ2n) is 6.48. The van der Waals surface area contributed by atoms with Crippen LogP contribution in [-0.2, 0) is 0 Å². The standard InChI is InChI=1S/C14H27N3/c1-16-7-4-13-10-17(11-14(13)9-16)8-12-2-5-15-6-3-12/h12-15H,2-11H2,1H3. The zero-order valence-corrected chi connectivity index (χ0v) is 11.2. The molecule has 3 heteroatoms. The predicted molar refractivity (Wildman–Crippen MR) is 71.1 cm³/mol. The minimum absolute atomic E-state index is 0.967. The van der Waals surface area contributed by atoms with Gasteiger partial charge in [0.1, 0.15) is 0 Å². The van der Waals surface area contributed by atoms with E-state index in [-0.39, 0.29) is 0 Å². The van der Waals surface area contributed by atoms with E-state index >= 15 is 0 Å². The molecular weight excluding hydrogens is 210 g/mol. The second-order valence-corrected chi connectivity index (χ2v) is 6.48. The monoisotopic (exact) mass is 237 g/mol. The van der Waals surface area contributed by atoms with E-state index in [4.69, 9.17) is 0 Å². The van der Waals surface area contributed by atoms with Gasteiger partial charge in [0, 0.05) is 26.2 Å². The van der Waals surface area contributed by atoms with E-state index in [0.717, 1.165) is 17.8 Å². The first-order chi connectivity index (χ1) is 8.31. The summed E-state index contributed by atoms with van der Waals surface area (Å²) in [4.78, 5) is 5.29. The van der Waals surface area contributed by atoms with Crippen LogP contribution >= 0.6 is 0 Å². The molecule has 3 aliphatic heterocycles. The van der Waals surface area contributed by atoms with Gasteiger partial charge >= 0.3 is 0 Å². The Morgan fingerprint density at radius 1 is 1.00 bits per heavy atom. The Labute approximate surface area is 106 Å². The first kappa shape index (κ1) is 11.9. The number of nitrogens with zero attached hydrogens (tertiary/aromatic N) is 2. The summed E-state index contributed by atoms with van der Waals surface area (Å²) < 4.78 is 0. The van der Waals surface area contributed by atoms with Crippen LogP contribution in [0.4, 0.5) is 0 Å². The molecule has 1 N–H and O–H groups in total. The third-order valence-electron chi connectivity index (χ3n) is 5.05. The quantitative estimate of drug-likeness (QED) is 0.769. The van der Waals surface area contributed by atoms with Crippen molar-refractivity contribution in [1.82, 2.24) is 15.1 Å². The number of piperidine rings is 2. The van der Waals surface area contributed by atoms with Crippen LogP contribution in [0.3, 0.4) is 0 Å². The molecule has 3 heterocycles. The van der Waals surface area contributed by atoms with Crippen LogP contribution in [0.1, 0.15) is 19.3 Å². The zero-order chi connectivity index (χ0) is 11.7. The molecule has 3 saturated heterocycles. The highest BCUT2D eigenvalue weighted by molar-refractivity contribution is 4.90. The summed E-state index contributed by atoms with van der Waals surface area (Å²) in [5.41, 5.74) is 0. The SMILES string of the molecule is CN1CCC2CN(CC3CCNCC3)CC2C1. The number of likely N-dealkylation sites (tertiary alicyclic amines) is 2. The van der Waals surface area contributed by atoms with E-state index in [9.17, 15) is 0 Å². The van der Waals surface area contributed by atoms with Crippen LogP contribution in [0.15, 0.2) is 0 Å². The largest absolute Gasteiger partial charge is 0.317 e. The molecule has 2 unspecified atom stereocenters. The van der Waals surface area contributed by atoms with E-state index in [1.807, 2.05) is 0 Å². The van der Waals surface area contributed by atoms with Crippen LogP contribution in [0.5, 0.6) is 0 Å². The van der Waals surface area contributed by atoms with Gasteiger partial charge in [-0.3, -0.25) is 0 Å². The van der Waals surface area contributed by atoms with Crippen molar-refractivity contribution in [2.24, 2.45) is 17.8 Å². The topological polar surface area (TPSA) is 18.5 Å². The van der Waals surface area contributed by atoms with Gasteiger partial charge in [-0.05, 0) is 63.7 Å². The van der Waals surface area contributed by atoms with Crippen LogP contribution in [0.25, 0.3) is 0 Å². The molecule has 3 aliphatic rings. The fourth-order valence-corrected chi connectivity index (χ4v) is 4.03. The van der Waals surface area contributed by atoms with Crippen molar-refractivity contribution in [1.29, 1.82) is 0 Å². The van der Waals surface area contributed by atoms with Gasteiger partial charge in [-0.25, -0.2) is 0 Å². The van der Waals surface area contributed by atoms with Gasteiger partial charge in [0.15, 0.2) is 0 Å². The Hall–Kier alpha value is -0.120. The summed E-state index contributed by atoms with van der Waals surface area (Å²) in [6.07, 6.45) is 4.22. The highest BCUT2D eigenvalue weighted by Gasteiger charge is 2.36. The van der Waals surface area contributed by atoms with Crippen molar-refractivity contribution in [2.45, 2.75) is 19.3 Å². The highest BCUT2D eigenvalue weighted by Crippen LogP contribution is 2.31. The number of fused-ring (bicyclic) bond motifs is 1. The predicted octanol–water partition coefficient (Wildman–Crippen LogP) is 0.869. The van der Waals surface area contributed by atoms with Crippen LogP contribution in [0, 0.1) is 17.8 Å². The molecule has 0 aromatic heterocycles. The summed E-state index contributed by atoms with van der Waals surface area (Å²) in [5.74, 6) is 2.94. The van der Waals surface area contributed by atoms with Crippen molar-refractivity contribution in [2.75, 3.05) is 52.9 Å². The molecular formula is C14H27N3. The molecule has 3 fully saturated rings. The Bertz CT molecular complexity index is 250. The average molecular weight is 237 g/mol. The average Bonchev–Trinajstić information content (AvgIpc) is 2.71. The lowest BCUT2D eigenvalue weighted by atomic mass is 9.89. The summed E-state index contributed by atoms with van der Waals surface area (Å²) >= 11 is 0. The molecule has 0 spiro atoms.